The molecule has 3 fully saturated rings. The molecule has 168 valence electrons. The minimum atomic E-state index is -0.426. The van der Waals surface area contributed by atoms with Gasteiger partial charge in [-0.1, -0.05) is 30.3 Å². The summed E-state index contributed by atoms with van der Waals surface area (Å²) >= 11 is 0. The number of aromatic nitrogens is 2. The van der Waals surface area contributed by atoms with E-state index in [0.717, 1.165) is 88.5 Å². The average Bonchev–Trinajstić information content (AvgIpc) is 2.90. The van der Waals surface area contributed by atoms with Crippen molar-refractivity contribution in [1.29, 1.82) is 5.26 Å². The molecular formula is C24H30N6O2. The summed E-state index contributed by atoms with van der Waals surface area (Å²) in [5.41, 5.74) is 0.693. The lowest BCUT2D eigenvalue weighted by atomic mass is 9.74. The molecule has 0 N–H and O–H groups in total. The van der Waals surface area contributed by atoms with Crippen molar-refractivity contribution >= 4 is 17.6 Å². The molecule has 0 saturated carbocycles. The van der Waals surface area contributed by atoms with Crippen LogP contribution in [0.2, 0.25) is 0 Å². The number of nitriles is 1. The standard InChI is InChI=1S/C24H30N6O2/c25-19-24(20-4-2-1-3-5-20)6-8-28(9-7-24)21-18-22(29-10-14-31-15-11-29)27-23(26-21)30-12-16-32-17-13-30/h1-5,18H,6-17H2. The lowest BCUT2D eigenvalue weighted by molar-refractivity contribution is 0.121. The van der Waals surface area contributed by atoms with E-state index in [-0.39, 0.29) is 0 Å². The monoisotopic (exact) mass is 434 g/mol. The topological polar surface area (TPSA) is 77.8 Å². The summed E-state index contributed by atoms with van der Waals surface area (Å²) in [4.78, 5) is 16.7. The first-order valence-electron chi connectivity index (χ1n) is 11.5. The smallest absolute Gasteiger partial charge is 0.229 e. The fourth-order valence-corrected chi connectivity index (χ4v) is 4.77. The third-order valence-electron chi connectivity index (χ3n) is 6.80. The number of ether oxygens (including phenoxy) is 2. The van der Waals surface area contributed by atoms with Crippen LogP contribution in [-0.2, 0) is 14.9 Å². The second kappa shape index (κ2) is 9.31. The first-order chi connectivity index (χ1) is 15.8. The highest BCUT2D eigenvalue weighted by Gasteiger charge is 2.37. The van der Waals surface area contributed by atoms with Crippen molar-refractivity contribution in [2.24, 2.45) is 0 Å². The van der Waals surface area contributed by atoms with Crippen molar-refractivity contribution in [1.82, 2.24) is 9.97 Å². The molecule has 0 amide bonds. The molecule has 5 rings (SSSR count). The molecular weight excluding hydrogens is 404 g/mol. The van der Waals surface area contributed by atoms with Gasteiger partial charge in [-0.25, -0.2) is 0 Å². The van der Waals surface area contributed by atoms with E-state index in [4.69, 9.17) is 19.4 Å². The molecule has 8 nitrogen and oxygen atoms in total. The normalized spacial score (nSPS) is 21.3. The van der Waals surface area contributed by atoms with Crippen molar-refractivity contribution in [3.8, 4) is 6.07 Å². The number of rotatable bonds is 4. The van der Waals surface area contributed by atoms with Gasteiger partial charge in [0.15, 0.2) is 0 Å². The van der Waals surface area contributed by atoms with Crippen LogP contribution in [0.25, 0.3) is 0 Å². The van der Waals surface area contributed by atoms with E-state index in [0.29, 0.717) is 13.2 Å². The SMILES string of the molecule is N#CC1(c2ccccc2)CCN(c2cc(N3CCOCC3)nc(N3CCOCC3)n2)CC1. The molecule has 0 atom stereocenters. The average molecular weight is 435 g/mol. The van der Waals surface area contributed by atoms with Gasteiger partial charge in [-0.3, -0.25) is 0 Å². The Hall–Kier alpha value is -2.89. The molecule has 1 aromatic heterocycles. The zero-order valence-electron chi connectivity index (χ0n) is 18.4. The number of piperidine rings is 1. The van der Waals surface area contributed by atoms with Gasteiger partial charge in [0, 0.05) is 45.3 Å². The zero-order valence-corrected chi connectivity index (χ0v) is 18.4. The Bertz CT molecular complexity index is 906. The van der Waals surface area contributed by atoms with Crippen molar-refractivity contribution < 1.29 is 9.47 Å². The summed E-state index contributed by atoms with van der Waals surface area (Å²) in [7, 11) is 0. The maximum Gasteiger partial charge on any atom is 0.229 e. The van der Waals surface area contributed by atoms with Crippen LogP contribution in [0, 0.1) is 11.3 Å². The Morgan fingerprint density at radius 1 is 0.750 bits per heavy atom. The van der Waals surface area contributed by atoms with Gasteiger partial charge >= 0.3 is 0 Å². The van der Waals surface area contributed by atoms with Crippen LogP contribution in [-0.4, -0.2) is 75.7 Å². The quantitative estimate of drug-likeness (QED) is 0.725. The van der Waals surface area contributed by atoms with Gasteiger partial charge in [0.1, 0.15) is 11.6 Å². The maximum absolute atomic E-state index is 10.0. The zero-order chi connectivity index (χ0) is 21.8. The van der Waals surface area contributed by atoms with E-state index in [9.17, 15) is 5.26 Å². The minimum absolute atomic E-state index is 0.426. The molecule has 0 unspecified atom stereocenters. The molecule has 0 radical (unpaired) electrons. The summed E-state index contributed by atoms with van der Waals surface area (Å²) in [6.45, 7) is 7.71. The van der Waals surface area contributed by atoms with E-state index >= 15 is 0 Å². The van der Waals surface area contributed by atoms with E-state index < -0.39 is 5.41 Å². The number of morpholine rings is 2. The molecule has 0 aliphatic carbocycles. The molecule has 0 spiro atoms. The fraction of sp³-hybridized carbons (Fsp3) is 0.542. The van der Waals surface area contributed by atoms with E-state index in [1.807, 2.05) is 18.2 Å². The van der Waals surface area contributed by atoms with Gasteiger partial charge < -0.3 is 24.2 Å². The van der Waals surface area contributed by atoms with Crippen molar-refractivity contribution in [3.63, 3.8) is 0 Å². The maximum atomic E-state index is 10.0. The number of anilines is 3. The van der Waals surface area contributed by atoms with Crippen LogP contribution in [0.15, 0.2) is 36.4 Å². The summed E-state index contributed by atoms with van der Waals surface area (Å²) < 4.78 is 11.1. The lowest BCUT2D eigenvalue weighted by Gasteiger charge is -2.39. The van der Waals surface area contributed by atoms with Crippen LogP contribution in [0.4, 0.5) is 17.6 Å². The highest BCUT2D eigenvalue weighted by Crippen LogP contribution is 2.37. The van der Waals surface area contributed by atoms with E-state index in [1.165, 1.54) is 0 Å². The number of benzene rings is 1. The predicted molar refractivity (Wildman–Crippen MR) is 123 cm³/mol. The summed E-state index contributed by atoms with van der Waals surface area (Å²) in [6.07, 6.45) is 1.58. The molecule has 4 heterocycles. The fourth-order valence-electron chi connectivity index (χ4n) is 4.77. The predicted octanol–water partition coefficient (Wildman–Crippen LogP) is 2.21. The van der Waals surface area contributed by atoms with E-state index in [2.05, 4.69) is 39.0 Å². The van der Waals surface area contributed by atoms with Gasteiger partial charge in [-0.05, 0) is 18.4 Å². The number of hydrogen-bond donors (Lipinski definition) is 0. The highest BCUT2D eigenvalue weighted by atomic mass is 16.5. The minimum Gasteiger partial charge on any atom is -0.378 e. The summed E-state index contributed by atoms with van der Waals surface area (Å²) in [5.74, 6) is 2.68. The first kappa shape index (κ1) is 21.0. The first-order valence-corrected chi connectivity index (χ1v) is 11.5. The van der Waals surface area contributed by atoms with Gasteiger partial charge in [0.05, 0.1) is 37.9 Å². The molecule has 1 aromatic carbocycles. The Labute approximate surface area is 189 Å². The molecule has 3 aliphatic heterocycles. The number of nitrogens with zero attached hydrogens (tertiary/aromatic N) is 6. The van der Waals surface area contributed by atoms with Crippen LogP contribution >= 0.6 is 0 Å². The van der Waals surface area contributed by atoms with Crippen LogP contribution in [0.1, 0.15) is 18.4 Å². The Morgan fingerprint density at radius 2 is 1.28 bits per heavy atom. The Balaban J connectivity index is 1.40. The highest BCUT2D eigenvalue weighted by molar-refractivity contribution is 5.56. The van der Waals surface area contributed by atoms with E-state index in [1.54, 1.807) is 0 Å². The second-order valence-corrected chi connectivity index (χ2v) is 8.63. The lowest BCUT2D eigenvalue weighted by Crippen LogP contribution is -2.43. The Morgan fingerprint density at radius 3 is 1.84 bits per heavy atom. The van der Waals surface area contributed by atoms with Crippen molar-refractivity contribution in [3.05, 3.63) is 42.0 Å². The third-order valence-corrected chi connectivity index (χ3v) is 6.80. The molecule has 32 heavy (non-hydrogen) atoms. The molecule has 8 heteroatoms. The van der Waals surface area contributed by atoms with Gasteiger partial charge in [-0.15, -0.1) is 0 Å². The molecule has 3 saturated heterocycles. The molecule has 0 bridgehead atoms. The molecule has 3 aliphatic rings. The summed E-state index contributed by atoms with van der Waals surface area (Å²) in [6, 6.07) is 14.9. The second-order valence-electron chi connectivity index (χ2n) is 8.63. The largest absolute Gasteiger partial charge is 0.378 e. The van der Waals surface area contributed by atoms with Gasteiger partial charge in [-0.2, -0.15) is 15.2 Å². The van der Waals surface area contributed by atoms with Crippen molar-refractivity contribution in [2.45, 2.75) is 18.3 Å². The van der Waals surface area contributed by atoms with Crippen LogP contribution in [0.3, 0.4) is 0 Å². The summed E-state index contributed by atoms with van der Waals surface area (Å²) in [5, 5.41) is 10.0. The van der Waals surface area contributed by atoms with Crippen LogP contribution < -0.4 is 14.7 Å². The molecule has 2 aromatic rings. The third kappa shape index (κ3) is 4.23. The Kier molecular flexibility index (Phi) is 6.10. The van der Waals surface area contributed by atoms with Gasteiger partial charge in [0.25, 0.3) is 0 Å². The van der Waals surface area contributed by atoms with Crippen molar-refractivity contribution in [2.75, 3.05) is 80.4 Å². The van der Waals surface area contributed by atoms with Gasteiger partial charge in [0.2, 0.25) is 5.95 Å². The van der Waals surface area contributed by atoms with Crippen LogP contribution in [0.5, 0.6) is 0 Å². The number of hydrogen-bond acceptors (Lipinski definition) is 8.